The van der Waals surface area contributed by atoms with Crippen molar-refractivity contribution in [3.63, 3.8) is 0 Å². The largest absolute Gasteiger partial charge is 0.465 e. The molecule has 1 aromatic carbocycles. The summed E-state index contributed by atoms with van der Waals surface area (Å²) >= 11 is 5.98. The second kappa shape index (κ2) is 9.39. The zero-order valence-corrected chi connectivity index (χ0v) is 16.0. The van der Waals surface area contributed by atoms with Gasteiger partial charge in [0.2, 0.25) is 5.91 Å². The maximum absolute atomic E-state index is 12.7. The van der Waals surface area contributed by atoms with E-state index in [0.717, 1.165) is 38.4 Å². The van der Waals surface area contributed by atoms with Gasteiger partial charge in [-0.3, -0.25) is 9.69 Å². The molecule has 27 heavy (non-hydrogen) atoms. The summed E-state index contributed by atoms with van der Waals surface area (Å²) < 4.78 is 5.34. The second-order valence-corrected chi connectivity index (χ2v) is 7.54. The Bertz CT molecular complexity index is 649. The van der Waals surface area contributed by atoms with Gasteiger partial charge in [0.05, 0.1) is 13.2 Å². The first kappa shape index (κ1) is 19.9. The molecule has 2 N–H and O–H groups in total. The fourth-order valence-electron chi connectivity index (χ4n) is 3.82. The number of hydrogen-bond acceptors (Lipinski definition) is 4. The third-order valence-corrected chi connectivity index (χ3v) is 5.60. The first-order valence-electron chi connectivity index (χ1n) is 9.33. The Morgan fingerprint density at radius 3 is 2.56 bits per heavy atom. The summed E-state index contributed by atoms with van der Waals surface area (Å²) in [7, 11) is 0. The number of rotatable bonds is 6. The molecular formula is C19H26ClN3O4. The number of carboxylic acid groups (broad SMARTS) is 1. The van der Waals surface area contributed by atoms with Gasteiger partial charge in [0.25, 0.3) is 0 Å². The molecule has 0 spiro atoms. The topological polar surface area (TPSA) is 82.1 Å². The van der Waals surface area contributed by atoms with Crippen molar-refractivity contribution in [3.8, 4) is 0 Å². The van der Waals surface area contributed by atoms with Crippen molar-refractivity contribution in [1.82, 2.24) is 15.1 Å². The van der Waals surface area contributed by atoms with Crippen molar-refractivity contribution < 1.29 is 19.4 Å². The smallest absolute Gasteiger partial charge is 0.404 e. The monoisotopic (exact) mass is 395 g/mol. The van der Waals surface area contributed by atoms with Gasteiger partial charge < -0.3 is 20.1 Å². The van der Waals surface area contributed by atoms with Crippen LogP contribution in [0.15, 0.2) is 24.3 Å². The predicted octanol–water partition coefficient (Wildman–Crippen LogP) is 1.87. The van der Waals surface area contributed by atoms with Gasteiger partial charge in [-0.25, -0.2) is 4.79 Å². The number of likely N-dealkylation sites (tertiary alicyclic amines) is 1. The van der Waals surface area contributed by atoms with E-state index in [1.54, 1.807) is 0 Å². The van der Waals surface area contributed by atoms with Crippen LogP contribution in [-0.4, -0.2) is 79.4 Å². The third-order valence-electron chi connectivity index (χ3n) is 5.35. The van der Waals surface area contributed by atoms with Crippen LogP contribution in [0.4, 0.5) is 4.79 Å². The highest BCUT2D eigenvalue weighted by molar-refractivity contribution is 6.30. The van der Waals surface area contributed by atoms with Gasteiger partial charge in [0.15, 0.2) is 0 Å². The van der Waals surface area contributed by atoms with E-state index in [9.17, 15) is 9.59 Å². The summed E-state index contributed by atoms with van der Waals surface area (Å²) in [5.41, 5.74) is 1.08. The van der Waals surface area contributed by atoms with Crippen molar-refractivity contribution in [3.05, 3.63) is 34.9 Å². The van der Waals surface area contributed by atoms with E-state index in [1.807, 2.05) is 29.2 Å². The molecule has 2 amide bonds. The Hall–Kier alpha value is -1.83. The zero-order valence-electron chi connectivity index (χ0n) is 15.3. The lowest BCUT2D eigenvalue weighted by molar-refractivity contribution is -0.130. The highest BCUT2D eigenvalue weighted by Gasteiger charge is 2.36. The lowest BCUT2D eigenvalue weighted by atomic mass is 9.89. The van der Waals surface area contributed by atoms with Crippen LogP contribution in [0.3, 0.4) is 0 Å². The van der Waals surface area contributed by atoms with Crippen molar-refractivity contribution in [2.75, 3.05) is 52.5 Å². The molecule has 2 atom stereocenters. The number of nitrogens with zero attached hydrogens (tertiary/aromatic N) is 2. The quantitative estimate of drug-likeness (QED) is 0.768. The number of amides is 2. The molecule has 2 aliphatic rings. The summed E-state index contributed by atoms with van der Waals surface area (Å²) in [4.78, 5) is 27.7. The fraction of sp³-hybridized carbons (Fsp3) is 0.579. The molecule has 0 saturated carbocycles. The summed E-state index contributed by atoms with van der Waals surface area (Å²) in [6.07, 6.45) is -0.561. The van der Waals surface area contributed by atoms with Gasteiger partial charge in [-0.05, 0) is 17.7 Å². The Morgan fingerprint density at radius 2 is 1.89 bits per heavy atom. The van der Waals surface area contributed by atoms with E-state index in [-0.39, 0.29) is 17.7 Å². The van der Waals surface area contributed by atoms with Crippen LogP contribution in [0.2, 0.25) is 5.02 Å². The first-order chi connectivity index (χ1) is 13.0. The minimum atomic E-state index is -1.04. The number of nitrogens with one attached hydrogen (secondary N) is 1. The Balaban J connectivity index is 1.61. The molecule has 8 heteroatoms. The lowest BCUT2D eigenvalue weighted by Gasteiger charge is -2.27. The van der Waals surface area contributed by atoms with Crippen molar-refractivity contribution >= 4 is 23.6 Å². The molecule has 0 radical (unpaired) electrons. The fourth-order valence-corrected chi connectivity index (χ4v) is 3.95. The highest BCUT2D eigenvalue weighted by Crippen LogP contribution is 2.33. The highest BCUT2D eigenvalue weighted by atomic mass is 35.5. The van der Waals surface area contributed by atoms with E-state index in [2.05, 4.69) is 10.2 Å². The normalized spacial score (nSPS) is 23.4. The number of carbonyl (C=O) groups is 2. The molecule has 3 rings (SSSR count). The molecule has 0 aromatic heterocycles. The van der Waals surface area contributed by atoms with Crippen molar-refractivity contribution in [2.24, 2.45) is 5.92 Å². The van der Waals surface area contributed by atoms with Gasteiger partial charge in [-0.15, -0.1) is 0 Å². The average Bonchev–Trinajstić information content (AvgIpc) is 3.10. The van der Waals surface area contributed by atoms with Crippen molar-refractivity contribution in [1.29, 1.82) is 0 Å². The van der Waals surface area contributed by atoms with Crippen LogP contribution in [-0.2, 0) is 9.53 Å². The van der Waals surface area contributed by atoms with Crippen molar-refractivity contribution in [2.45, 2.75) is 12.3 Å². The zero-order chi connectivity index (χ0) is 19.2. The Morgan fingerprint density at radius 1 is 1.19 bits per heavy atom. The molecule has 2 aliphatic heterocycles. The van der Waals surface area contributed by atoms with Gasteiger partial charge in [-0.1, -0.05) is 23.7 Å². The molecular weight excluding hydrogens is 370 g/mol. The van der Waals surface area contributed by atoms with Crippen LogP contribution in [0.25, 0.3) is 0 Å². The van der Waals surface area contributed by atoms with Crippen LogP contribution < -0.4 is 5.32 Å². The third kappa shape index (κ3) is 5.57. The summed E-state index contributed by atoms with van der Waals surface area (Å²) in [6.45, 7) is 5.42. The molecule has 0 unspecified atom stereocenters. The van der Waals surface area contributed by atoms with Crippen LogP contribution in [0.5, 0.6) is 0 Å². The molecule has 2 saturated heterocycles. The number of carbonyl (C=O) groups excluding carboxylic acids is 1. The number of halogens is 1. The molecule has 0 aliphatic carbocycles. The maximum atomic E-state index is 12.7. The van der Waals surface area contributed by atoms with Gasteiger partial charge >= 0.3 is 6.09 Å². The van der Waals surface area contributed by atoms with Gasteiger partial charge in [0, 0.05) is 62.5 Å². The number of benzene rings is 1. The van der Waals surface area contributed by atoms with Gasteiger partial charge in [0.1, 0.15) is 0 Å². The molecule has 0 bridgehead atoms. The van der Waals surface area contributed by atoms with E-state index in [1.165, 1.54) is 0 Å². The molecule has 7 nitrogen and oxygen atoms in total. The molecule has 148 valence electrons. The van der Waals surface area contributed by atoms with E-state index < -0.39 is 6.09 Å². The summed E-state index contributed by atoms with van der Waals surface area (Å²) in [6, 6.07) is 7.59. The van der Waals surface area contributed by atoms with Crippen LogP contribution in [0.1, 0.15) is 17.9 Å². The van der Waals surface area contributed by atoms with Crippen LogP contribution >= 0.6 is 11.6 Å². The number of ether oxygens (including phenoxy) is 1. The summed E-state index contributed by atoms with van der Waals surface area (Å²) in [5.74, 6) is 0.273. The second-order valence-electron chi connectivity index (χ2n) is 7.11. The summed E-state index contributed by atoms with van der Waals surface area (Å²) in [5, 5.41) is 12.1. The number of morpholine rings is 1. The first-order valence-corrected chi connectivity index (χ1v) is 9.71. The standard InChI is InChI=1S/C19H26ClN3O4/c20-16-3-1-14(2-4-16)17-13-23(12-15(17)11-21-19(25)26)18(24)5-6-22-7-9-27-10-8-22/h1-4,15,17,21H,5-13H2,(H,25,26)/t15-,17-/m0/s1. The van der Waals surface area contributed by atoms with Gasteiger partial charge in [-0.2, -0.15) is 0 Å². The molecule has 2 heterocycles. The minimum Gasteiger partial charge on any atom is -0.465 e. The predicted molar refractivity (Wildman–Crippen MR) is 102 cm³/mol. The lowest BCUT2D eigenvalue weighted by Crippen LogP contribution is -2.39. The Kier molecular flexibility index (Phi) is 6.93. The number of hydrogen-bond donors (Lipinski definition) is 2. The Labute approximate surface area is 164 Å². The van der Waals surface area contributed by atoms with E-state index in [0.29, 0.717) is 31.1 Å². The maximum Gasteiger partial charge on any atom is 0.404 e. The van der Waals surface area contributed by atoms with E-state index in [4.69, 9.17) is 21.4 Å². The van der Waals surface area contributed by atoms with Crippen LogP contribution in [0, 0.1) is 5.92 Å². The molecule has 2 fully saturated rings. The van der Waals surface area contributed by atoms with E-state index >= 15 is 0 Å². The average molecular weight is 396 g/mol. The SMILES string of the molecule is O=C(O)NC[C@H]1CN(C(=O)CCN2CCOCC2)C[C@H]1c1ccc(Cl)cc1. The minimum absolute atomic E-state index is 0.0506. The molecule has 1 aromatic rings.